The van der Waals surface area contributed by atoms with Gasteiger partial charge in [-0.3, -0.25) is 13.9 Å². The first-order chi connectivity index (χ1) is 15.7. The molecule has 0 saturated heterocycles. The van der Waals surface area contributed by atoms with Crippen LogP contribution in [0.15, 0.2) is 76.6 Å². The average molecular weight is 451 g/mol. The summed E-state index contributed by atoms with van der Waals surface area (Å²) in [7, 11) is 0. The number of benzene rings is 2. The standard InChI is InChI=1S/C23H16F3N5O2/c1-3-29-21(32)19(20-11-12-28-31(20)17-9-7-16(27-2)8-10-17)14-30(22(29)33)18-6-4-5-15(13-18)23(24,25)26/h4-14H,3H2,1H3. The Bertz CT molecular complexity index is 1490. The Morgan fingerprint density at radius 3 is 2.39 bits per heavy atom. The Balaban J connectivity index is 1.94. The first-order valence-corrected chi connectivity index (χ1v) is 9.81. The van der Waals surface area contributed by atoms with Crippen LogP contribution in [0.3, 0.4) is 0 Å². The van der Waals surface area contributed by atoms with Crippen LogP contribution in [0.5, 0.6) is 0 Å². The fourth-order valence-electron chi connectivity index (χ4n) is 3.45. The molecule has 7 nitrogen and oxygen atoms in total. The highest BCUT2D eigenvalue weighted by atomic mass is 19.4. The molecule has 4 aromatic rings. The summed E-state index contributed by atoms with van der Waals surface area (Å²) in [5.74, 6) is 0. The summed E-state index contributed by atoms with van der Waals surface area (Å²) in [5.41, 5.74) is -0.846. The molecule has 10 heteroatoms. The van der Waals surface area contributed by atoms with Gasteiger partial charge in [0.1, 0.15) is 0 Å². The summed E-state index contributed by atoms with van der Waals surface area (Å²) in [6.45, 7) is 8.70. The van der Waals surface area contributed by atoms with Crippen LogP contribution in [0.1, 0.15) is 12.5 Å². The van der Waals surface area contributed by atoms with Crippen molar-refractivity contribution in [3.05, 3.63) is 105 Å². The fraction of sp³-hybridized carbons (Fsp3) is 0.130. The van der Waals surface area contributed by atoms with Crippen LogP contribution in [0, 0.1) is 6.57 Å². The molecule has 0 aliphatic heterocycles. The lowest BCUT2D eigenvalue weighted by molar-refractivity contribution is -0.137. The topological polar surface area (TPSA) is 66.2 Å². The summed E-state index contributed by atoms with van der Waals surface area (Å²) < 4.78 is 43.1. The van der Waals surface area contributed by atoms with E-state index in [9.17, 15) is 22.8 Å². The Hall–Kier alpha value is -4.39. The second-order valence-corrected chi connectivity index (χ2v) is 7.05. The van der Waals surface area contributed by atoms with E-state index in [1.807, 2.05) is 0 Å². The molecule has 0 radical (unpaired) electrons. The molecule has 0 unspecified atom stereocenters. The number of rotatable bonds is 4. The SMILES string of the molecule is [C-]#[N+]c1ccc(-n2nccc2-c2cn(-c3cccc(C(F)(F)F)c3)c(=O)n(CC)c2=O)cc1. The Labute approximate surface area is 185 Å². The van der Waals surface area contributed by atoms with Gasteiger partial charge in [0.25, 0.3) is 5.56 Å². The van der Waals surface area contributed by atoms with Crippen LogP contribution in [-0.2, 0) is 12.7 Å². The molecule has 0 aliphatic rings. The third-order valence-corrected chi connectivity index (χ3v) is 5.08. The molecular formula is C23H16F3N5O2. The highest BCUT2D eigenvalue weighted by Gasteiger charge is 2.30. The van der Waals surface area contributed by atoms with E-state index in [2.05, 4.69) is 9.94 Å². The van der Waals surface area contributed by atoms with Crippen molar-refractivity contribution in [2.75, 3.05) is 0 Å². The normalized spacial score (nSPS) is 11.4. The van der Waals surface area contributed by atoms with Crippen LogP contribution in [-0.4, -0.2) is 18.9 Å². The molecule has 0 N–H and O–H groups in total. The van der Waals surface area contributed by atoms with Crippen LogP contribution in [0.2, 0.25) is 0 Å². The highest BCUT2D eigenvalue weighted by molar-refractivity contribution is 5.61. The van der Waals surface area contributed by atoms with Gasteiger partial charge in [0, 0.05) is 12.7 Å². The van der Waals surface area contributed by atoms with Gasteiger partial charge in [-0.05, 0) is 43.3 Å². The lowest BCUT2D eigenvalue weighted by Gasteiger charge is -2.15. The van der Waals surface area contributed by atoms with E-state index in [4.69, 9.17) is 6.57 Å². The maximum absolute atomic E-state index is 13.2. The Kier molecular flexibility index (Phi) is 5.47. The second kappa shape index (κ2) is 8.27. The quantitative estimate of drug-likeness (QED) is 0.431. The van der Waals surface area contributed by atoms with Crippen molar-refractivity contribution < 1.29 is 13.2 Å². The zero-order valence-corrected chi connectivity index (χ0v) is 17.2. The summed E-state index contributed by atoms with van der Waals surface area (Å²) >= 11 is 0. The van der Waals surface area contributed by atoms with Gasteiger partial charge in [-0.25, -0.2) is 14.3 Å². The van der Waals surface area contributed by atoms with E-state index < -0.39 is 23.0 Å². The maximum atomic E-state index is 13.2. The van der Waals surface area contributed by atoms with Gasteiger partial charge in [-0.2, -0.15) is 18.3 Å². The van der Waals surface area contributed by atoms with E-state index in [-0.39, 0.29) is 17.8 Å². The molecule has 0 spiro atoms. The van der Waals surface area contributed by atoms with Gasteiger partial charge in [-0.15, -0.1) is 0 Å². The van der Waals surface area contributed by atoms with Gasteiger partial charge in [0.05, 0.1) is 41.0 Å². The molecule has 2 heterocycles. The largest absolute Gasteiger partial charge is 0.416 e. The third kappa shape index (κ3) is 3.96. The predicted octanol–water partition coefficient (Wildman–Crippen LogP) is 4.44. The summed E-state index contributed by atoms with van der Waals surface area (Å²) in [6, 6.07) is 12.4. The molecular weight excluding hydrogens is 435 g/mol. The van der Waals surface area contributed by atoms with E-state index in [0.717, 1.165) is 21.3 Å². The van der Waals surface area contributed by atoms with Crippen molar-refractivity contribution in [3.8, 4) is 22.6 Å². The van der Waals surface area contributed by atoms with E-state index in [0.29, 0.717) is 17.1 Å². The van der Waals surface area contributed by atoms with E-state index in [1.165, 1.54) is 29.2 Å². The number of halogens is 3. The smallest absolute Gasteiger partial charge is 0.268 e. The molecule has 0 atom stereocenters. The van der Waals surface area contributed by atoms with Gasteiger partial charge in [0.2, 0.25) is 0 Å². The van der Waals surface area contributed by atoms with Crippen molar-refractivity contribution in [1.82, 2.24) is 18.9 Å². The Morgan fingerprint density at radius 2 is 1.76 bits per heavy atom. The zero-order chi connectivity index (χ0) is 23.8. The van der Waals surface area contributed by atoms with Gasteiger partial charge in [-0.1, -0.05) is 18.2 Å². The molecule has 0 fully saturated rings. The number of hydrogen-bond donors (Lipinski definition) is 0. The summed E-state index contributed by atoms with van der Waals surface area (Å²) in [5, 5.41) is 4.24. The van der Waals surface area contributed by atoms with Gasteiger partial charge >= 0.3 is 11.9 Å². The lowest BCUT2D eigenvalue weighted by atomic mass is 10.1. The predicted molar refractivity (Wildman–Crippen MR) is 116 cm³/mol. The first kappa shape index (κ1) is 21.8. The van der Waals surface area contributed by atoms with Crippen LogP contribution in [0.4, 0.5) is 18.9 Å². The van der Waals surface area contributed by atoms with Crippen molar-refractivity contribution >= 4 is 5.69 Å². The molecule has 166 valence electrons. The van der Waals surface area contributed by atoms with Crippen LogP contribution >= 0.6 is 0 Å². The average Bonchev–Trinajstić information content (AvgIpc) is 3.29. The third-order valence-electron chi connectivity index (χ3n) is 5.08. The molecule has 0 aliphatic carbocycles. The number of aromatic nitrogens is 4. The van der Waals surface area contributed by atoms with E-state index >= 15 is 0 Å². The lowest BCUT2D eigenvalue weighted by Crippen LogP contribution is -2.39. The highest BCUT2D eigenvalue weighted by Crippen LogP contribution is 2.30. The number of alkyl halides is 3. The van der Waals surface area contributed by atoms with Crippen LogP contribution < -0.4 is 11.2 Å². The van der Waals surface area contributed by atoms with Crippen LogP contribution in [0.25, 0.3) is 27.5 Å². The van der Waals surface area contributed by atoms with Gasteiger partial charge in [0.15, 0.2) is 5.69 Å². The second-order valence-electron chi connectivity index (χ2n) is 7.05. The molecule has 33 heavy (non-hydrogen) atoms. The van der Waals surface area contributed by atoms with Gasteiger partial charge < -0.3 is 0 Å². The monoisotopic (exact) mass is 451 g/mol. The molecule has 4 rings (SSSR count). The molecule has 0 amide bonds. The zero-order valence-electron chi connectivity index (χ0n) is 17.2. The van der Waals surface area contributed by atoms with Crippen molar-refractivity contribution in [1.29, 1.82) is 0 Å². The molecule has 2 aromatic heterocycles. The van der Waals surface area contributed by atoms with Crippen molar-refractivity contribution in [2.24, 2.45) is 0 Å². The number of nitrogens with zero attached hydrogens (tertiary/aromatic N) is 5. The summed E-state index contributed by atoms with van der Waals surface area (Å²) in [4.78, 5) is 29.4. The Morgan fingerprint density at radius 1 is 1.03 bits per heavy atom. The minimum atomic E-state index is -4.59. The first-order valence-electron chi connectivity index (χ1n) is 9.81. The van der Waals surface area contributed by atoms with E-state index in [1.54, 1.807) is 37.3 Å². The molecule has 2 aromatic carbocycles. The molecule has 0 saturated carbocycles. The van der Waals surface area contributed by atoms with Crippen molar-refractivity contribution in [3.63, 3.8) is 0 Å². The van der Waals surface area contributed by atoms with Crippen molar-refractivity contribution in [2.45, 2.75) is 19.6 Å². The minimum absolute atomic E-state index is 0.0225. The molecule has 0 bridgehead atoms. The maximum Gasteiger partial charge on any atom is 0.416 e. The number of hydrogen-bond acceptors (Lipinski definition) is 3. The summed E-state index contributed by atoms with van der Waals surface area (Å²) in [6.07, 6.45) is -1.89. The fourth-order valence-corrected chi connectivity index (χ4v) is 3.45. The minimum Gasteiger partial charge on any atom is -0.268 e.